The fraction of sp³-hybridized carbons (Fsp3) is 0.462. The molecule has 1 aromatic heterocycles. The number of nitrogens with zero attached hydrogens (tertiary/aromatic N) is 5. The van der Waals surface area contributed by atoms with Gasteiger partial charge in [0, 0.05) is 29.8 Å². The van der Waals surface area contributed by atoms with Gasteiger partial charge in [-0.15, -0.1) is 5.10 Å². The lowest BCUT2D eigenvalue weighted by Gasteiger charge is -2.35. The van der Waals surface area contributed by atoms with Crippen molar-refractivity contribution in [3.63, 3.8) is 0 Å². The van der Waals surface area contributed by atoms with Gasteiger partial charge in [0.1, 0.15) is 24.7 Å². The van der Waals surface area contributed by atoms with E-state index in [2.05, 4.69) is 31.3 Å². The van der Waals surface area contributed by atoms with E-state index in [-0.39, 0.29) is 50.0 Å². The van der Waals surface area contributed by atoms with Crippen molar-refractivity contribution in [3.8, 4) is 0 Å². The Labute approximate surface area is 243 Å². The number of amidine groups is 1. The Morgan fingerprint density at radius 2 is 2.02 bits per heavy atom. The van der Waals surface area contributed by atoms with Gasteiger partial charge in [0.15, 0.2) is 5.84 Å². The molecule has 1 fully saturated rings. The summed E-state index contributed by atoms with van der Waals surface area (Å²) in [6.07, 6.45) is 0.682. The number of carboxylic acids is 1. The minimum atomic E-state index is -0.973. The third kappa shape index (κ3) is 7.74. The Morgan fingerprint density at radius 1 is 1.24 bits per heavy atom. The lowest BCUT2D eigenvalue weighted by molar-refractivity contribution is -0.144. The van der Waals surface area contributed by atoms with Gasteiger partial charge in [0.2, 0.25) is 5.82 Å². The molecule has 2 atom stereocenters. The van der Waals surface area contributed by atoms with E-state index in [0.717, 1.165) is 0 Å². The Morgan fingerprint density at radius 3 is 2.73 bits per heavy atom. The number of benzene rings is 1. The van der Waals surface area contributed by atoms with Crippen molar-refractivity contribution in [2.75, 3.05) is 39.5 Å². The first kappa shape index (κ1) is 30.3. The van der Waals surface area contributed by atoms with E-state index in [1.807, 2.05) is 4.90 Å². The van der Waals surface area contributed by atoms with Crippen LogP contribution < -0.4 is 5.32 Å². The number of aromatic nitrogens is 3. The van der Waals surface area contributed by atoms with Crippen molar-refractivity contribution < 1.29 is 38.1 Å². The van der Waals surface area contributed by atoms with Gasteiger partial charge in [0.05, 0.1) is 37.9 Å². The van der Waals surface area contributed by atoms with Crippen LogP contribution in [0.5, 0.6) is 0 Å². The van der Waals surface area contributed by atoms with E-state index >= 15 is 0 Å². The molecule has 0 bridgehead atoms. The summed E-state index contributed by atoms with van der Waals surface area (Å²) in [5.74, 6) is -2.17. The third-order valence-electron chi connectivity index (χ3n) is 6.23. The number of carbonyl (C=O) groups is 3. The number of ether oxygens (including phenoxy) is 3. The molecule has 220 valence electrons. The summed E-state index contributed by atoms with van der Waals surface area (Å²) < 4.78 is 31.7. The van der Waals surface area contributed by atoms with Crippen LogP contribution >= 0.6 is 15.9 Å². The van der Waals surface area contributed by atoms with Crippen LogP contribution in [0.25, 0.3) is 0 Å². The molecule has 1 saturated heterocycles. The largest absolute Gasteiger partial charge is 0.481 e. The maximum Gasteiger partial charge on any atom is 0.338 e. The van der Waals surface area contributed by atoms with E-state index in [4.69, 9.17) is 19.2 Å². The lowest BCUT2D eigenvalue weighted by Crippen LogP contribution is -2.47. The fourth-order valence-corrected chi connectivity index (χ4v) is 5.08. The Hall–Kier alpha value is -3.69. The molecule has 0 aliphatic carbocycles. The molecule has 4 rings (SSSR count). The Balaban J connectivity index is 1.74. The van der Waals surface area contributed by atoms with E-state index in [0.29, 0.717) is 35.4 Å². The summed E-state index contributed by atoms with van der Waals surface area (Å²) in [4.78, 5) is 47.6. The zero-order valence-corrected chi connectivity index (χ0v) is 24.1. The van der Waals surface area contributed by atoms with Gasteiger partial charge in [-0.3, -0.25) is 19.5 Å². The molecule has 0 amide bonds. The number of morpholine rings is 1. The monoisotopic (exact) mass is 636 g/mol. The normalized spacial score (nSPS) is 19.4. The van der Waals surface area contributed by atoms with Gasteiger partial charge in [-0.2, -0.15) is 0 Å². The molecule has 15 heteroatoms. The van der Waals surface area contributed by atoms with Crippen LogP contribution in [0.1, 0.15) is 37.7 Å². The van der Waals surface area contributed by atoms with E-state index in [1.165, 1.54) is 29.2 Å². The van der Waals surface area contributed by atoms with Crippen molar-refractivity contribution in [3.05, 3.63) is 57.5 Å². The molecule has 13 nitrogen and oxygen atoms in total. The van der Waals surface area contributed by atoms with Crippen molar-refractivity contribution in [2.24, 2.45) is 4.99 Å². The average molecular weight is 637 g/mol. The highest BCUT2D eigenvalue weighted by atomic mass is 79.9. The van der Waals surface area contributed by atoms with Crippen molar-refractivity contribution in [2.45, 2.75) is 39.0 Å². The highest BCUT2D eigenvalue weighted by Gasteiger charge is 2.35. The van der Waals surface area contributed by atoms with Crippen molar-refractivity contribution in [1.82, 2.24) is 25.0 Å². The second-order valence-corrected chi connectivity index (χ2v) is 10.0. The number of halogens is 2. The SMILES string of the molecule is CCOC(=O)Cn1cnc(C2=NC(c3ccc(F)cc3Br)C(C(=O)OCC)=C(CN3CCOC(CC(=O)O)C3)N2)n1. The number of hydrogen-bond acceptors (Lipinski definition) is 11. The number of carboxylic acid groups (broad SMARTS) is 1. The molecule has 0 saturated carbocycles. The zero-order valence-electron chi connectivity index (χ0n) is 22.5. The summed E-state index contributed by atoms with van der Waals surface area (Å²) in [6.45, 7) is 4.88. The first-order valence-electron chi connectivity index (χ1n) is 13.0. The van der Waals surface area contributed by atoms with Crippen LogP contribution in [-0.4, -0.2) is 94.1 Å². The van der Waals surface area contributed by atoms with Gasteiger partial charge in [-0.25, -0.2) is 18.9 Å². The van der Waals surface area contributed by atoms with Crippen LogP contribution in [0.2, 0.25) is 0 Å². The second-order valence-electron chi connectivity index (χ2n) is 9.18. The zero-order chi connectivity index (χ0) is 29.5. The molecule has 2 aromatic rings. The minimum Gasteiger partial charge on any atom is -0.481 e. The maximum absolute atomic E-state index is 14.0. The Bertz CT molecular complexity index is 1360. The van der Waals surface area contributed by atoms with Gasteiger partial charge in [0.25, 0.3) is 0 Å². The summed E-state index contributed by atoms with van der Waals surface area (Å²) in [7, 11) is 0. The molecule has 0 radical (unpaired) electrons. The first-order valence-corrected chi connectivity index (χ1v) is 13.8. The highest BCUT2D eigenvalue weighted by Crippen LogP contribution is 2.36. The number of aliphatic carboxylic acids is 1. The lowest BCUT2D eigenvalue weighted by atomic mass is 9.95. The number of carbonyl (C=O) groups excluding carboxylic acids is 2. The molecule has 3 heterocycles. The molecule has 2 N–H and O–H groups in total. The van der Waals surface area contributed by atoms with Crippen LogP contribution in [0.4, 0.5) is 4.39 Å². The summed E-state index contributed by atoms with van der Waals surface area (Å²) >= 11 is 3.40. The number of hydrogen-bond donors (Lipinski definition) is 2. The van der Waals surface area contributed by atoms with Crippen LogP contribution in [-0.2, 0) is 35.1 Å². The van der Waals surface area contributed by atoms with Gasteiger partial charge in [-0.1, -0.05) is 22.0 Å². The van der Waals surface area contributed by atoms with Gasteiger partial charge < -0.3 is 24.6 Å². The predicted molar refractivity (Wildman–Crippen MR) is 145 cm³/mol. The average Bonchev–Trinajstić information content (AvgIpc) is 3.37. The van der Waals surface area contributed by atoms with E-state index in [9.17, 15) is 23.9 Å². The molecule has 2 aliphatic rings. The van der Waals surface area contributed by atoms with Gasteiger partial charge in [-0.05, 0) is 31.5 Å². The summed E-state index contributed by atoms with van der Waals surface area (Å²) in [5.41, 5.74) is 1.14. The maximum atomic E-state index is 14.0. The molecule has 2 aliphatic heterocycles. The first-order chi connectivity index (χ1) is 19.7. The topological polar surface area (TPSA) is 157 Å². The van der Waals surface area contributed by atoms with Crippen LogP contribution in [0.15, 0.2) is 45.3 Å². The fourth-order valence-electron chi connectivity index (χ4n) is 4.52. The van der Waals surface area contributed by atoms with Crippen LogP contribution in [0.3, 0.4) is 0 Å². The van der Waals surface area contributed by atoms with Crippen molar-refractivity contribution >= 4 is 39.7 Å². The number of esters is 2. The number of aliphatic imine (C=N–C) groups is 1. The quantitative estimate of drug-likeness (QED) is 0.347. The van der Waals surface area contributed by atoms with Gasteiger partial charge >= 0.3 is 17.9 Å². The minimum absolute atomic E-state index is 0.113. The molecule has 2 unspecified atom stereocenters. The number of nitrogens with one attached hydrogen (secondary N) is 1. The smallest absolute Gasteiger partial charge is 0.338 e. The van der Waals surface area contributed by atoms with E-state index < -0.39 is 35.9 Å². The summed E-state index contributed by atoms with van der Waals surface area (Å²) in [6, 6.07) is 3.14. The molecular formula is C26H30BrFN6O7. The van der Waals surface area contributed by atoms with E-state index in [1.54, 1.807) is 13.8 Å². The number of rotatable bonds is 11. The molecule has 41 heavy (non-hydrogen) atoms. The molecule has 1 aromatic carbocycles. The van der Waals surface area contributed by atoms with Crippen molar-refractivity contribution in [1.29, 1.82) is 0 Å². The predicted octanol–water partition coefficient (Wildman–Crippen LogP) is 1.83. The molecule has 0 spiro atoms. The van der Waals surface area contributed by atoms with Crippen LogP contribution in [0, 0.1) is 5.82 Å². The third-order valence-corrected chi connectivity index (χ3v) is 6.92. The summed E-state index contributed by atoms with van der Waals surface area (Å²) in [5, 5.41) is 16.8. The highest BCUT2D eigenvalue weighted by molar-refractivity contribution is 9.10. The second kappa shape index (κ2) is 13.8. The Kier molecular flexibility index (Phi) is 10.2. The standard InChI is InChI=1S/C26H30BrFN6O7/c1-3-39-21(37)13-34-14-29-24(32-34)25-30-19(12-33-7-8-41-16(11-33)10-20(35)36)22(26(38)40-4-2)23(31-25)17-6-5-15(28)9-18(17)27/h5-6,9,14,16,23H,3-4,7-8,10-13H2,1-2H3,(H,30,31)(H,35,36). The molecular weight excluding hydrogens is 607 g/mol.